The Morgan fingerprint density at radius 1 is 1.55 bits per heavy atom. The first-order valence-corrected chi connectivity index (χ1v) is 6.63. The number of rotatable bonds is 6. The van der Waals surface area contributed by atoms with Crippen molar-refractivity contribution in [3.05, 3.63) is 5.69 Å². The van der Waals surface area contributed by atoms with E-state index in [-0.39, 0.29) is 12.5 Å². The van der Waals surface area contributed by atoms with Gasteiger partial charge in [-0.2, -0.15) is 0 Å². The van der Waals surface area contributed by atoms with E-state index < -0.39 is 5.60 Å². The van der Waals surface area contributed by atoms with Crippen molar-refractivity contribution in [1.29, 1.82) is 0 Å². The summed E-state index contributed by atoms with van der Waals surface area (Å²) >= 11 is 0. The van der Waals surface area contributed by atoms with Crippen LogP contribution >= 0.6 is 0 Å². The third kappa shape index (κ3) is 3.26. The van der Waals surface area contributed by atoms with Crippen LogP contribution < -0.4 is 10.1 Å². The van der Waals surface area contributed by atoms with E-state index in [2.05, 4.69) is 20.3 Å². The van der Waals surface area contributed by atoms with Crippen molar-refractivity contribution in [2.24, 2.45) is 0 Å². The third-order valence-electron chi connectivity index (χ3n) is 3.37. The summed E-state index contributed by atoms with van der Waals surface area (Å²) in [5.74, 6) is 0.132. The number of nitrogens with one attached hydrogen (secondary N) is 1. The average Bonchev–Trinajstić information content (AvgIpc) is 2.81. The highest BCUT2D eigenvalue weighted by Gasteiger charge is 2.40. The van der Waals surface area contributed by atoms with Crippen molar-refractivity contribution in [3.8, 4) is 5.88 Å². The zero-order valence-corrected chi connectivity index (χ0v) is 11.8. The molecule has 8 nitrogen and oxygen atoms in total. The summed E-state index contributed by atoms with van der Waals surface area (Å²) in [6, 6.07) is 0. The molecule has 0 bridgehead atoms. The second-order valence-corrected chi connectivity index (χ2v) is 5.04. The Morgan fingerprint density at radius 3 is 3.05 bits per heavy atom. The number of likely N-dealkylation sites (tertiary alicyclic amines) is 1. The first kappa shape index (κ1) is 14.7. The topological polar surface area (TPSA) is 101 Å². The van der Waals surface area contributed by atoms with Gasteiger partial charge in [-0.1, -0.05) is 5.16 Å². The highest BCUT2D eigenvalue weighted by atomic mass is 16.6. The number of aromatic nitrogens is 2. The molecule has 112 valence electrons. The minimum absolute atomic E-state index is 0.218. The molecule has 0 aliphatic carbocycles. The number of ether oxygens (including phenoxy) is 1. The lowest BCUT2D eigenvalue weighted by atomic mass is 9.92. The molecule has 1 amide bonds. The molecule has 0 radical (unpaired) electrons. The monoisotopic (exact) mass is 284 g/mol. The van der Waals surface area contributed by atoms with Crippen molar-refractivity contribution in [2.75, 3.05) is 33.3 Å². The van der Waals surface area contributed by atoms with Crippen LogP contribution in [-0.2, 0) is 4.79 Å². The number of piperidine rings is 1. The maximum Gasteiger partial charge on any atom is 0.278 e. The van der Waals surface area contributed by atoms with E-state index in [1.54, 1.807) is 18.9 Å². The SMILES string of the molecule is Cc1nonc1OCCNCC1(O)CCCN(C)C1=O. The molecule has 1 fully saturated rings. The fourth-order valence-corrected chi connectivity index (χ4v) is 2.21. The lowest BCUT2D eigenvalue weighted by Gasteiger charge is -2.36. The van der Waals surface area contributed by atoms with Crippen molar-refractivity contribution >= 4 is 5.91 Å². The predicted octanol–water partition coefficient (Wildman–Crippen LogP) is -0.670. The summed E-state index contributed by atoms with van der Waals surface area (Å²) in [5.41, 5.74) is -0.717. The fraction of sp³-hybridized carbons (Fsp3) is 0.750. The van der Waals surface area contributed by atoms with E-state index >= 15 is 0 Å². The zero-order valence-electron chi connectivity index (χ0n) is 11.8. The van der Waals surface area contributed by atoms with Crippen LogP contribution in [0.4, 0.5) is 0 Å². The van der Waals surface area contributed by atoms with Crippen LogP contribution in [0.3, 0.4) is 0 Å². The summed E-state index contributed by atoms with van der Waals surface area (Å²) in [5, 5.41) is 20.5. The molecule has 1 aromatic rings. The Hall–Kier alpha value is -1.67. The molecule has 1 saturated heterocycles. The standard InChI is InChI=1S/C12H20N4O4/c1-9-10(15-20-14-9)19-7-5-13-8-12(18)4-3-6-16(2)11(12)17/h13,18H,3-8H2,1-2H3. The molecule has 2 N–H and O–H groups in total. The van der Waals surface area contributed by atoms with Gasteiger partial charge in [0.2, 0.25) is 0 Å². The minimum Gasteiger partial charge on any atom is -0.473 e. The van der Waals surface area contributed by atoms with Gasteiger partial charge in [-0.05, 0) is 24.9 Å². The molecule has 1 unspecified atom stereocenters. The van der Waals surface area contributed by atoms with Gasteiger partial charge in [-0.3, -0.25) is 4.79 Å². The van der Waals surface area contributed by atoms with Gasteiger partial charge in [-0.15, -0.1) is 0 Å². The summed E-state index contributed by atoms with van der Waals surface area (Å²) in [4.78, 5) is 13.5. The lowest BCUT2D eigenvalue weighted by Crippen LogP contribution is -2.57. The highest BCUT2D eigenvalue weighted by Crippen LogP contribution is 2.20. The smallest absolute Gasteiger partial charge is 0.278 e. The molecule has 20 heavy (non-hydrogen) atoms. The summed E-state index contributed by atoms with van der Waals surface area (Å²) in [6.45, 7) is 3.50. The van der Waals surface area contributed by atoms with Crippen LogP contribution in [-0.4, -0.2) is 65.1 Å². The molecular weight excluding hydrogens is 264 g/mol. The van der Waals surface area contributed by atoms with E-state index in [0.29, 0.717) is 37.7 Å². The summed E-state index contributed by atoms with van der Waals surface area (Å²) in [7, 11) is 1.70. The Bertz CT molecular complexity index is 464. The van der Waals surface area contributed by atoms with Gasteiger partial charge in [0, 0.05) is 26.7 Å². The molecule has 0 aromatic carbocycles. The predicted molar refractivity (Wildman–Crippen MR) is 69.2 cm³/mol. The van der Waals surface area contributed by atoms with Crippen LogP contribution in [0.25, 0.3) is 0 Å². The highest BCUT2D eigenvalue weighted by molar-refractivity contribution is 5.85. The van der Waals surface area contributed by atoms with E-state index in [1.165, 1.54) is 0 Å². The molecule has 0 saturated carbocycles. The van der Waals surface area contributed by atoms with Gasteiger partial charge in [0.25, 0.3) is 11.8 Å². The van der Waals surface area contributed by atoms with Gasteiger partial charge in [0.05, 0.1) is 0 Å². The maximum atomic E-state index is 11.9. The Labute approximate surface area is 117 Å². The van der Waals surface area contributed by atoms with Crippen LogP contribution in [0.15, 0.2) is 4.63 Å². The molecule has 1 aliphatic rings. The number of carbonyl (C=O) groups is 1. The quantitative estimate of drug-likeness (QED) is 0.668. The fourth-order valence-electron chi connectivity index (χ4n) is 2.21. The first-order valence-electron chi connectivity index (χ1n) is 6.63. The van der Waals surface area contributed by atoms with E-state index in [4.69, 9.17) is 4.74 Å². The van der Waals surface area contributed by atoms with Crippen molar-refractivity contribution in [1.82, 2.24) is 20.5 Å². The van der Waals surface area contributed by atoms with Crippen molar-refractivity contribution < 1.29 is 19.3 Å². The number of hydrogen-bond acceptors (Lipinski definition) is 7. The number of likely N-dealkylation sites (N-methyl/N-ethyl adjacent to an activating group) is 1. The number of hydrogen-bond donors (Lipinski definition) is 2. The molecule has 1 aliphatic heterocycles. The molecule has 1 aromatic heterocycles. The second kappa shape index (κ2) is 6.19. The minimum atomic E-state index is -1.31. The van der Waals surface area contributed by atoms with Gasteiger partial charge in [0.15, 0.2) is 5.60 Å². The van der Waals surface area contributed by atoms with Crippen molar-refractivity contribution in [2.45, 2.75) is 25.4 Å². The van der Waals surface area contributed by atoms with E-state index in [1.807, 2.05) is 0 Å². The van der Waals surface area contributed by atoms with E-state index in [0.717, 1.165) is 6.42 Å². The number of aliphatic hydroxyl groups is 1. The number of amides is 1. The van der Waals surface area contributed by atoms with Crippen LogP contribution in [0, 0.1) is 6.92 Å². The Balaban J connectivity index is 1.70. The average molecular weight is 284 g/mol. The van der Waals surface area contributed by atoms with Crippen LogP contribution in [0.5, 0.6) is 5.88 Å². The number of nitrogens with zero attached hydrogens (tertiary/aromatic N) is 3. The van der Waals surface area contributed by atoms with Crippen molar-refractivity contribution in [3.63, 3.8) is 0 Å². The molecule has 8 heteroatoms. The molecule has 1 atom stereocenters. The van der Waals surface area contributed by atoms with E-state index in [9.17, 15) is 9.90 Å². The van der Waals surface area contributed by atoms with Gasteiger partial charge < -0.3 is 20.1 Å². The summed E-state index contributed by atoms with van der Waals surface area (Å²) in [6.07, 6.45) is 1.29. The molecule has 2 heterocycles. The van der Waals surface area contributed by atoms with Crippen LogP contribution in [0.1, 0.15) is 18.5 Å². The normalized spacial score (nSPS) is 23.1. The largest absolute Gasteiger partial charge is 0.473 e. The van der Waals surface area contributed by atoms with Gasteiger partial charge in [0.1, 0.15) is 12.3 Å². The number of aryl methyl sites for hydroxylation is 1. The number of carbonyl (C=O) groups excluding carboxylic acids is 1. The summed E-state index contributed by atoms with van der Waals surface area (Å²) < 4.78 is 9.84. The molecule has 2 rings (SSSR count). The Morgan fingerprint density at radius 2 is 2.35 bits per heavy atom. The van der Waals surface area contributed by atoms with Crippen LogP contribution in [0.2, 0.25) is 0 Å². The van der Waals surface area contributed by atoms with Gasteiger partial charge in [-0.25, -0.2) is 4.63 Å². The Kier molecular flexibility index (Phi) is 4.56. The zero-order chi connectivity index (χ0) is 14.6. The second-order valence-electron chi connectivity index (χ2n) is 5.04. The molecule has 0 spiro atoms. The third-order valence-corrected chi connectivity index (χ3v) is 3.37. The maximum absolute atomic E-state index is 11.9. The van der Waals surface area contributed by atoms with Gasteiger partial charge >= 0.3 is 0 Å². The molecular formula is C12H20N4O4. The lowest BCUT2D eigenvalue weighted by molar-refractivity contribution is -0.154. The first-order chi connectivity index (χ1) is 9.53.